The summed E-state index contributed by atoms with van der Waals surface area (Å²) in [5.41, 5.74) is 10.8. The molecule has 0 saturated heterocycles. The van der Waals surface area contributed by atoms with Crippen molar-refractivity contribution in [3.8, 4) is 0 Å². The minimum Gasteiger partial charge on any atom is -0.330 e. The molecular weight excluding hydrogens is 258 g/mol. The zero-order valence-corrected chi connectivity index (χ0v) is 12.8. The summed E-state index contributed by atoms with van der Waals surface area (Å²) < 4.78 is 0. The fourth-order valence-corrected chi connectivity index (χ4v) is 3.21. The van der Waals surface area contributed by atoms with Crippen molar-refractivity contribution < 1.29 is 0 Å². The molecule has 21 heavy (non-hydrogen) atoms. The Bertz CT molecular complexity index is 636. The highest BCUT2D eigenvalue weighted by atomic mass is 15.2. The minimum absolute atomic E-state index is 0.643. The molecule has 0 spiro atoms. The molecular formula is C18H23N3. The molecule has 0 saturated carbocycles. The molecule has 1 aliphatic rings. The van der Waals surface area contributed by atoms with Gasteiger partial charge in [-0.3, -0.25) is 0 Å². The highest BCUT2D eigenvalue weighted by Gasteiger charge is 2.24. The Labute approximate surface area is 126 Å². The van der Waals surface area contributed by atoms with E-state index in [4.69, 9.17) is 10.7 Å². The monoisotopic (exact) mass is 281 g/mol. The number of hydrogen-bond donors (Lipinski definition) is 1. The lowest BCUT2D eigenvalue weighted by Crippen LogP contribution is -2.31. The smallest absolute Gasteiger partial charge is 0.135 e. The zero-order chi connectivity index (χ0) is 14.8. The molecule has 1 atom stereocenters. The van der Waals surface area contributed by atoms with E-state index < -0.39 is 0 Å². The van der Waals surface area contributed by atoms with E-state index >= 15 is 0 Å². The maximum Gasteiger partial charge on any atom is 0.135 e. The van der Waals surface area contributed by atoms with Crippen molar-refractivity contribution in [2.24, 2.45) is 11.7 Å². The quantitative estimate of drug-likeness (QED) is 0.939. The van der Waals surface area contributed by atoms with E-state index in [1.54, 1.807) is 0 Å². The Morgan fingerprint density at radius 3 is 2.90 bits per heavy atom. The van der Waals surface area contributed by atoms with Crippen molar-refractivity contribution in [2.45, 2.75) is 26.7 Å². The van der Waals surface area contributed by atoms with E-state index in [1.807, 2.05) is 6.20 Å². The molecule has 2 aromatic rings. The molecule has 3 nitrogen and oxygen atoms in total. The normalized spacial score (nSPS) is 17.7. The maximum absolute atomic E-state index is 5.63. The van der Waals surface area contributed by atoms with Gasteiger partial charge >= 0.3 is 0 Å². The number of rotatable bonds is 3. The Morgan fingerprint density at radius 1 is 1.33 bits per heavy atom. The first kappa shape index (κ1) is 14.1. The molecule has 3 rings (SSSR count). The fraction of sp³-hybridized carbons (Fsp3) is 0.389. The topological polar surface area (TPSA) is 42.1 Å². The van der Waals surface area contributed by atoms with E-state index in [0.717, 1.165) is 25.2 Å². The summed E-state index contributed by atoms with van der Waals surface area (Å²) >= 11 is 0. The number of hydrogen-bond acceptors (Lipinski definition) is 3. The van der Waals surface area contributed by atoms with E-state index in [1.165, 1.54) is 22.4 Å². The second-order valence-electron chi connectivity index (χ2n) is 6.07. The standard InChI is InChI=1S/C18H23N3/c1-13-9-16-5-3-4-6-17(16)21(12-13)18-14(2)10-15(7-8-19)11-20-18/h3-6,10-11,13H,7-9,12,19H2,1-2H3. The van der Waals surface area contributed by atoms with Gasteiger partial charge in [-0.1, -0.05) is 31.2 Å². The number of benzene rings is 1. The van der Waals surface area contributed by atoms with Crippen LogP contribution in [0.15, 0.2) is 36.5 Å². The van der Waals surface area contributed by atoms with Crippen molar-refractivity contribution in [1.29, 1.82) is 0 Å². The van der Waals surface area contributed by atoms with Crippen LogP contribution in [0, 0.1) is 12.8 Å². The van der Waals surface area contributed by atoms with Crippen LogP contribution in [0.3, 0.4) is 0 Å². The van der Waals surface area contributed by atoms with Gasteiger partial charge in [0.25, 0.3) is 0 Å². The second-order valence-corrected chi connectivity index (χ2v) is 6.07. The molecule has 1 unspecified atom stereocenters. The molecule has 1 aromatic carbocycles. The van der Waals surface area contributed by atoms with Gasteiger partial charge in [-0.25, -0.2) is 4.98 Å². The molecule has 2 heterocycles. The highest BCUT2D eigenvalue weighted by Crippen LogP contribution is 2.35. The number of aromatic nitrogens is 1. The third-order valence-electron chi connectivity index (χ3n) is 4.14. The summed E-state index contributed by atoms with van der Waals surface area (Å²) in [6.07, 6.45) is 4.01. The minimum atomic E-state index is 0.643. The largest absolute Gasteiger partial charge is 0.330 e. The molecule has 0 fully saturated rings. The van der Waals surface area contributed by atoms with Crippen LogP contribution in [0.4, 0.5) is 11.5 Å². The van der Waals surface area contributed by atoms with Crippen LogP contribution in [-0.2, 0) is 12.8 Å². The van der Waals surface area contributed by atoms with Gasteiger partial charge in [0, 0.05) is 18.4 Å². The molecule has 2 N–H and O–H groups in total. The number of nitrogens with two attached hydrogens (primary N) is 1. The number of fused-ring (bicyclic) bond motifs is 1. The predicted molar refractivity (Wildman–Crippen MR) is 88.0 cm³/mol. The van der Waals surface area contributed by atoms with Crippen LogP contribution in [-0.4, -0.2) is 18.1 Å². The van der Waals surface area contributed by atoms with Gasteiger partial charge in [-0.05, 0) is 55.0 Å². The van der Waals surface area contributed by atoms with Crippen LogP contribution in [0.25, 0.3) is 0 Å². The fourth-order valence-electron chi connectivity index (χ4n) is 3.21. The molecule has 1 aromatic heterocycles. The van der Waals surface area contributed by atoms with Crippen molar-refractivity contribution in [3.05, 3.63) is 53.2 Å². The molecule has 0 radical (unpaired) electrons. The average molecular weight is 281 g/mol. The summed E-state index contributed by atoms with van der Waals surface area (Å²) in [7, 11) is 0. The van der Waals surface area contributed by atoms with Crippen LogP contribution >= 0.6 is 0 Å². The van der Waals surface area contributed by atoms with Crippen molar-refractivity contribution in [1.82, 2.24) is 4.98 Å². The molecule has 110 valence electrons. The molecule has 0 amide bonds. The first-order valence-electron chi connectivity index (χ1n) is 7.70. The first-order chi connectivity index (χ1) is 10.2. The summed E-state index contributed by atoms with van der Waals surface area (Å²) in [5, 5.41) is 0. The Hall–Kier alpha value is -1.87. The third kappa shape index (κ3) is 2.79. The van der Waals surface area contributed by atoms with Crippen molar-refractivity contribution in [3.63, 3.8) is 0 Å². The van der Waals surface area contributed by atoms with Gasteiger partial charge < -0.3 is 10.6 Å². The van der Waals surface area contributed by atoms with Crippen LogP contribution in [0.1, 0.15) is 23.6 Å². The summed E-state index contributed by atoms with van der Waals surface area (Å²) in [6.45, 7) is 6.15. The Morgan fingerprint density at radius 2 is 2.14 bits per heavy atom. The molecule has 0 bridgehead atoms. The van der Waals surface area contributed by atoms with Crippen LogP contribution in [0.5, 0.6) is 0 Å². The van der Waals surface area contributed by atoms with E-state index in [0.29, 0.717) is 12.5 Å². The van der Waals surface area contributed by atoms with Gasteiger partial charge in [0.1, 0.15) is 5.82 Å². The van der Waals surface area contributed by atoms with Gasteiger partial charge in [0.2, 0.25) is 0 Å². The van der Waals surface area contributed by atoms with Crippen molar-refractivity contribution >= 4 is 11.5 Å². The van der Waals surface area contributed by atoms with Gasteiger partial charge in [0.05, 0.1) is 0 Å². The number of pyridine rings is 1. The zero-order valence-electron chi connectivity index (χ0n) is 12.8. The number of nitrogens with zero attached hydrogens (tertiary/aromatic N) is 2. The average Bonchev–Trinajstić information content (AvgIpc) is 2.47. The lowest BCUT2D eigenvalue weighted by Gasteiger charge is -2.34. The van der Waals surface area contributed by atoms with E-state index in [-0.39, 0.29) is 0 Å². The summed E-state index contributed by atoms with van der Waals surface area (Å²) in [5.74, 6) is 1.72. The molecule has 0 aliphatic carbocycles. The van der Waals surface area contributed by atoms with E-state index in [9.17, 15) is 0 Å². The Balaban J connectivity index is 2.00. The summed E-state index contributed by atoms with van der Waals surface area (Å²) in [6, 6.07) is 10.9. The second kappa shape index (κ2) is 5.86. The van der Waals surface area contributed by atoms with Crippen LogP contribution in [0.2, 0.25) is 0 Å². The third-order valence-corrected chi connectivity index (χ3v) is 4.14. The first-order valence-corrected chi connectivity index (χ1v) is 7.70. The van der Waals surface area contributed by atoms with Gasteiger partial charge in [-0.15, -0.1) is 0 Å². The Kier molecular flexibility index (Phi) is 3.93. The predicted octanol–water partition coefficient (Wildman–Crippen LogP) is 3.22. The number of aryl methyl sites for hydroxylation is 1. The molecule has 3 heteroatoms. The van der Waals surface area contributed by atoms with Gasteiger partial charge in [-0.2, -0.15) is 0 Å². The SMILES string of the molecule is Cc1cc(CCN)cnc1N1CC(C)Cc2ccccc21. The number of anilines is 2. The maximum atomic E-state index is 5.63. The lowest BCUT2D eigenvalue weighted by molar-refractivity contribution is 0.559. The van der Waals surface area contributed by atoms with E-state index in [2.05, 4.69) is 49.1 Å². The molecule has 1 aliphatic heterocycles. The van der Waals surface area contributed by atoms with Crippen molar-refractivity contribution in [2.75, 3.05) is 18.0 Å². The lowest BCUT2D eigenvalue weighted by atomic mass is 9.93. The van der Waals surface area contributed by atoms with Crippen LogP contribution < -0.4 is 10.6 Å². The van der Waals surface area contributed by atoms with Gasteiger partial charge in [0.15, 0.2) is 0 Å². The highest BCUT2D eigenvalue weighted by molar-refractivity contribution is 5.67. The summed E-state index contributed by atoms with van der Waals surface area (Å²) in [4.78, 5) is 7.09. The number of para-hydroxylation sites is 1.